The molecule has 0 radical (unpaired) electrons. The fourth-order valence-corrected chi connectivity index (χ4v) is 11.3. The van der Waals surface area contributed by atoms with Crippen molar-refractivity contribution in [1.82, 2.24) is 10.6 Å². The zero-order valence-electron chi connectivity index (χ0n) is 27.9. The van der Waals surface area contributed by atoms with E-state index < -0.39 is 16.5 Å². The molecule has 0 amide bonds. The van der Waals surface area contributed by atoms with Crippen LogP contribution in [-0.2, 0) is 14.6 Å². The minimum atomic E-state index is -4.45. The number of nitrogens with two attached hydrogens (primary N) is 1. The Morgan fingerprint density at radius 2 is 1.60 bits per heavy atom. The molecule has 4 aliphatic rings. The van der Waals surface area contributed by atoms with E-state index >= 15 is 0 Å². The van der Waals surface area contributed by atoms with Crippen LogP contribution in [0.3, 0.4) is 0 Å². The standard InChI is InChI=1S/C34H65N3O5S/c1-23(2)31(42-43(39,40)41)12-9-24(3)27-10-11-28-32-29(14-16-34(27,28)5)33(4)15-13-26(21-25(33)22-30(32)38)37-20-8-19-36-18-7-6-17-35/h23-32,36-38H,6-22,35H2,1-5H3,(H,39,40,41)/t24-,25-,26+,27-,28+,29+,30+,31-,32+,33+,34-/m1/s1. The lowest BCUT2D eigenvalue weighted by molar-refractivity contribution is -0.167. The zero-order valence-corrected chi connectivity index (χ0v) is 28.7. The lowest BCUT2D eigenvalue weighted by Gasteiger charge is -2.62. The van der Waals surface area contributed by atoms with E-state index in [1.165, 1.54) is 44.9 Å². The summed E-state index contributed by atoms with van der Waals surface area (Å²) in [5.41, 5.74) is 6.13. The largest absolute Gasteiger partial charge is 0.397 e. The van der Waals surface area contributed by atoms with Crippen LogP contribution in [0.15, 0.2) is 0 Å². The Hall–Kier alpha value is -0.290. The fraction of sp³-hybridized carbons (Fsp3) is 1.00. The summed E-state index contributed by atoms with van der Waals surface area (Å²) in [5, 5.41) is 19.2. The number of hydrogen-bond acceptors (Lipinski definition) is 7. The molecule has 0 saturated heterocycles. The maximum absolute atomic E-state index is 11.8. The van der Waals surface area contributed by atoms with Gasteiger partial charge in [0.05, 0.1) is 12.2 Å². The van der Waals surface area contributed by atoms with Crippen LogP contribution in [0.1, 0.15) is 118 Å². The third-order valence-corrected chi connectivity index (χ3v) is 13.6. The van der Waals surface area contributed by atoms with Crippen LogP contribution >= 0.6 is 0 Å². The molecular formula is C34H65N3O5S. The number of fused-ring (bicyclic) bond motifs is 5. The number of hydrogen-bond donors (Lipinski definition) is 5. The topological polar surface area (TPSA) is 134 Å². The molecule has 0 bridgehead atoms. The predicted molar refractivity (Wildman–Crippen MR) is 174 cm³/mol. The Balaban J connectivity index is 1.32. The van der Waals surface area contributed by atoms with Crippen molar-refractivity contribution in [1.29, 1.82) is 0 Å². The fourth-order valence-electron chi connectivity index (χ4n) is 10.7. The summed E-state index contributed by atoms with van der Waals surface area (Å²) in [6.45, 7) is 15.3. The maximum Gasteiger partial charge on any atom is 0.397 e. The SMILES string of the molecule is CC(C)[C@@H](CC[C@@H](C)[C@H]1CC[C@H]2[C@@H]3[C@@H](O)C[C@H]4C[C@@H](NCCCNCCCCN)CC[C@]4(C)[C@H]3CC[C@]12C)OS(=O)(=O)O. The number of rotatable bonds is 16. The molecule has 8 nitrogen and oxygen atoms in total. The first-order valence-electron chi connectivity index (χ1n) is 17.8. The van der Waals surface area contributed by atoms with Gasteiger partial charge in [-0.1, -0.05) is 34.6 Å². The number of nitrogens with one attached hydrogen (secondary N) is 2. The molecule has 4 rings (SSSR count). The normalized spacial score (nSPS) is 39.2. The van der Waals surface area contributed by atoms with Gasteiger partial charge >= 0.3 is 10.4 Å². The van der Waals surface area contributed by atoms with E-state index in [1.54, 1.807) is 0 Å². The summed E-state index contributed by atoms with van der Waals surface area (Å²) in [4.78, 5) is 0. The highest BCUT2D eigenvalue weighted by Crippen LogP contribution is 2.68. The number of aliphatic hydroxyl groups is 1. The molecule has 11 atom stereocenters. The Bertz CT molecular complexity index is 981. The van der Waals surface area contributed by atoms with Crippen LogP contribution in [0.25, 0.3) is 0 Å². The zero-order chi connectivity index (χ0) is 31.4. The third-order valence-electron chi connectivity index (χ3n) is 13.1. The molecule has 0 aromatic rings. The van der Waals surface area contributed by atoms with Gasteiger partial charge in [0.15, 0.2) is 0 Å². The minimum absolute atomic E-state index is 0.0152. The summed E-state index contributed by atoms with van der Waals surface area (Å²) in [7, 11) is -4.45. The van der Waals surface area contributed by atoms with Crippen molar-refractivity contribution in [2.75, 3.05) is 26.2 Å². The first-order valence-corrected chi connectivity index (χ1v) is 19.1. The molecule has 0 spiro atoms. The van der Waals surface area contributed by atoms with Gasteiger partial charge in [0.2, 0.25) is 0 Å². The van der Waals surface area contributed by atoms with E-state index in [4.69, 9.17) is 9.92 Å². The van der Waals surface area contributed by atoms with E-state index in [9.17, 15) is 18.1 Å². The summed E-state index contributed by atoms with van der Waals surface area (Å²) >= 11 is 0. The molecule has 4 saturated carbocycles. The van der Waals surface area contributed by atoms with Crippen molar-refractivity contribution in [3.63, 3.8) is 0 Å². The van der Waals surface area contributed by atoms with Crippen LogP contribution in [-0.4, -0.2) is 62.5 Å². The Morgan fingerprint density at radius 1 is 0.907 bits per heavy atom. The molecule has 4 fully saturated rings. The molecule has 9 heteroatoms. The van der Waals surface area contributed by atoms with Gasteiger partial charge in [0, 0.05) is 6.04 Å². The second-order valence-electron chi connectivity index (χ2n) is 15.9. The average molecular weight is 628 g/mol. The van der Waals surface area contributed by atoms with Gasteiger partial charge in [0.25, 0.3) is 0 Å². The van der Waals surface area contributed by atoms with Crippen molar-refractivity contribution in [2.45, 2.75) is 136 Å². The first kappa shape index (κ1) is 35.6. The number of unbranched alkanes of at least 4 members (excludes halogenated alkanes) is 1. The molecule has 0 aliphatic heterocycles. The van der Waals surface area contributed by atoms with E-state index in [0.717, 1.165) is 58.3 Å². The Kier molecular flexibility index (Phi) is 12.5. The highest BCUT2D eigenvalue weighted by atomic mass is 32.3. The molecule has 0 aromatic carbocycles. The highest BCUT2D eigenvalue weighted by molar-refractivity contribution is 7.80. The highest BCUT2D eigenvalue weighted by Gasteiger charge is 2.62. The van der Waals surface area contributed by atoms with Crippen molar-refractivity contribution in [3.05, 3.63) is 0 Å². The smallest absolute Gasteiger partial charge is 0.393 e. The number of aliphatic hydroxyl groups excluding tert-OH is 1. The molecule has 6 N–H and O–H groups in total. The first-order chi connectivity index (χ1) is 20.3. The van der Waals surface area contributed by atoms with Crippen LogP contribution in [0.4, 0.5) is 0 Å². The van der Waals surface area contributed by atoms with Crippen LogP contribution in [0.2, 0.25) is 0 Å². The second-order valence-corrected chi connectivity index (χ2v) is 17.0. The van der Waals surface area contributed by atoms with Gasteiger partial charge in [-0.2, -0.15) is 8.42 Å². The van der Waals surface area contributed by atoms with Crippen molar-refractivity contribution in [2.24, 2.45) is 58.0 Å². The lowest BCUT2D eigenvalue weighted by atomic mass is 9.43. The summed E-state index contributed by atoms with van der Waals surface area (Å²) in [5.74, 6) is 3.21. The van der Waals surface area contributed by atoms with Crippen LogP contribution in [0, 0.1) is 52.3 Å². The van der Waals surface area contributed by atoms with E-state index in [0.29, 0.717) is 53.4 Å². The van der Waals surface area contributed by atoms with Gasteiger partial charge in [-0.25, -0.2) is 4.18 Å². The summed E-state index contributed by atoms with van der Waals surface area (Å²) in [6.07, 6.45) is 13.7. The molecule has 0 heterocycles. The molecule has 43 heavy (non-hydrogen) atoms. The lowest BCUT2D eigenvalue weighted by Crippen LogP contribution is -2.59. The van der Waals surface area contributed by atoms with Crippen molar-refractivity contribution in [3.8, 4) is 0 Å². The molecule has 252 valence electrons. The van der Waals surface area contributed by atoms with Crippen LogP contribution in [0.5, 0.6) is 0 Å². The molecular weight excluding hydrogens is 562 g/mol. The van der Waals surface area contributed by atoms with Gasteiger partial charge in [0.1, 0.15) is 0 Å². The van der Waals surface area contributed by atoms with Crippen molar-refractivity contribution >= 4 is 10.4 Å². The second kappa shape index (κ2) is 15.1. The maximum atomic E-state index is 11.8. The predicted octanol–water partition coefficient (Wildman–Crippen LogP) is 5.55. The van der Waals surface area contributed by atoms with Gasteiger partial charge in [-0.3, -0.25) is 4.55 Å². The molecule has 0 aromatic heterocycles. The Morgan fingerprint density at radius 3 is 2.30 bits per heavy atom. The monoisotopic (exact) mass is 627 g/mol. The van der Waals surface area contributed by atoms with Gasteiger partial charge in [-0.15, -0.1) is 0 Å². The molecule has 4 aliphatic carbocycles. The summed E-state index contributed by atoms with van der Waals surface area (Å²) < 4.78 is 37.1. The Labute approximate surface area is 263 Å². The van der Waals surface area contributed by atoms with Crippen molar-refractivity contribution < 1.29 is 22.3 Å². The van der Waals surface area contributed by atoms with E-state index in [1.807, 2.05) is 13.8 Å². The minimum Gasteiger partial charge on any atom is -0.393 e. The van der Waals surface area contributed by atoms with Gasteiger partial charge < -0.3 is 21.5 Å². The average Bonchev–Trinajstić information content (AvgIpc) is 3.29. The quantitative estimate of drug-likeness (QED) is 0.111. The van der Waals surface area contributed by atoms with Crippen LogP contribution < -0.4 is 16.4 Å². The van der Waals surface area contributed by atoms with E-state index in [2.05, 4.69) is 31.4 Å². The summed E-state index contributed by atoms with van der Waals surface area (Å²) in [6, 6.07) is 0.573. The molecule has 0 unspecified atom stereocenters. The van der Waals surface area contributed by atoms with Gasteiger partial charge in [-0.05, 0) is 162 Å². The third kappa shape index (κ3) is 8.36. The van der Waals surface area contributed by atoms with E-state index in [-0.39, 0.29) is 17.4 Å².